The maximum atomic E-state index is 11.1. The van der Waals surface area contributed by atoms with Gasteiger partial charge >= 0.3 is 5.97 Å². The Bertz CT molecular complexity index is 396. The second-order valence-electron chi connectivity index (χ2n) is 4.25. The smallest absolute Gasteiger partial charge is 0.339 e. The van der Waals surface area contributed by atoms with E-state index in [1.54, 1.807) is 7.11 Å². The highest BCUT2D eigenvalue weighted by atomic mass is 16.5. The van der Waals surface area contributed by atoms with E-state index in [2.05, 4.69) is 28.7 Å². The van der Waals surface area contributed by atoms with Gasteiger partial charge in [-0.1, -0.05) is 0 Å². The molecule has 18 heavy (non-hydrogen) atoms. The number of carboxylic acid groups (broad SMARTS) is 1. The molecular formula is C12H19N3O3. The Balaban J connectivity index is 2.83. The summed E-state index contributed by atoms with van der Waals surface area (Å²) in [6, 6.07) is 0.289. The summed E-state index contributed by atoms with van der Waals surface area (Å²) in [4.78, 5) is 21.0. The third-order valence-electron chi connectivity index (χ3n) is 2.69. The lowest BCUT2D eigenvalue weighted by Crippen LogP contribution is -2.34. The van der Waals surface area contributed by atoms with E-state index in [1.165, 1.54) is 12.5 Å². The largest absolute Gasteiger partial charge is 0.478 e. The van der Waals surface area contributed by atoms with Gasteiger partial charge in [-0.15, -0.1) is 0 Å². The van der Waals surface area contributed by atoms with Crippen molar-refractivity contribution in [3.8, 4) is 0 Å². The number of aromatic carboxylic acids is 1. The summed E-state index contributed by atoms with van der Waals surface area (Å²) in [5.74, 6) is -0.999. The second-order valence-corrected chi connectivity index (χ2v) is 4.25. The minimum atomic E-state index is -0.999. The van der Waals surface area contributed by atoms with Crippen LogP contribution in [0.2, 0.25) is 0 Å². The van der Waals surface area contributed by atoms with Crippen LogP contribution in [0.25, 0.3) is 0 Å². The minimum absolute atomic E-state index is 0.153. The average Bonchev–Trinajstić information content (AvgIpc) is 2.34. The van der Waals surface area contributed by atoms with Crippen molar-refractivity contribution >= 4 is 5.97 Å². The van der Waals surface area contributed by atoms with Gasteiger partial charge in [-0.25, -0.2) is 14.8 Å². The molecule has 0 bridgehead atoms. The number of ether oxygens (including phenoxy) is 1. The Hall–Kier alpha value is -1.53. The fourth-order valence-electron chi connectivity index (χ4n) is 1.58. The molecule has 0 aliphatic rings. The fraction of sp³-hybridized carbons (Fsp3) is 0.583. The first-order chi connectivity index (χ1) is 8.56. The van der Waals surface area contributed by atoms with E-state index in [9.17, 15) is 4.79 Å². The Morgan fingerprint density at radius 1 is 1.56 bits per heavy atom. The molecule has 0 aliphatic heterocycles. The van der Waals surface area contributed by atoms with Crippen molar-refractivity contribution in [3.63, 3.8) is 0 Å². The molecular weight excluding hydrogens is 234 g/mol. The highest BCUT2D eigenvalue weighted by molar-refractivity contribution is 5.88. The summed E-state index contributed by atoms with van der Waals surface area (Å²) in [5, 5.41) is 9.07. The predicted molar refractivity (Wildman–Crippen MR) is 66.4 cm³/mol. The molecule has 0 saturated heterocycles. The van der Waals surface area contributed by atoms with E-state index in [0.717, 1.165) is 6.54 Å². The minimum Gasteiger partial charge on any atom is -0.478 e. The van der Waals surface area contributed by atoms with Crippen LogP contribution in [-0.2, 0) is 11.3 Å². The molecule has 1 aromatic rings. The van der Waals surface area contributed by atoms with E-state index < -0.39 is 5.97 Å². The van der Waals surface area contributed by atoms with E-state index >= 15 is 0 Å². The molecule has 0 spiro atoms. The monoisotopic (exact) mass is 253 g/mol. The molecule has 0 atom stereocenters. The van der Waals surface area contributed by atoms with Gasteiger partial charge in [0.25, 0.3) is 0 Å². The van der Waals surface area contributed by atoms with Crippen molar-refractivity contribution in [2.75, 3.05) is 20.3 Å². The number of carboxylic acids is 1. The molecule has 1 rings (SSSR count). The molecule has 0 radical (unpaired) electrons. The first-order valence-electron chi connectivity index (χ1n) is 5.81. The third kappa shape index (κ3) is 4.05. The second kappa shape index (κ2) is 7.03. The molecule has 0 amide bonds. The van der Waals surface area contributed by atoms with Crippen molar-refractivity contribution in [1.29, 1.82) is 0 Å². The van der Waals surface area contributed by atoms with E-state index in [4.69, 9.17) is 9.84 Å². The highest BCUT2D eigenvalue weighted by Gasteiger charge is 2.16. The zero-order valence-electron chi connectivity index (χ0n) is 11.0. The standard InChI is InChI=1S/C12H19N3O3/c1-9(2)15(4-5-18-3)7-11-10(12(16)17)6-13-8-14-11/h6,8-9H,4-5,7H2,1-3H3,(H,16,17). The molecule has 1 heterocycles. The van der Waals surface area contributed by atoms with Gasteiger partial charge in [0.05, 0.1) is 12.3 Å². The molecule has 1 N–H and O–H groups in total. The number of hydrogen-bond acceptors (Lipinski definition) is 5. The molecule has 1 aromatic heterocycles. The summed E-state index contributed by atoms with van der Waals surface area (Å²) < 4.78 is 5.05. The normalized spacial score (nSPS) is 11.2. The summed E-state index contributed by atoms with van der Waals surface area (Å²) in [6.45, 7) is 5.92. The number of methoxy groups -OCH3 is 1. The molecule has 6 nitrogen and oxygen atoms in total. The van der Waals surface area contributed by atoms with Gasteiger partial charge in [-0.3, -0.25) is 4.90 Å². The maximum Gasteiger partial charge on any atom is 0.339 e. The fourth-order valence-corrected chi connectivity index (χ4v) is 1.58. The first kappa shape index (κ1) is 14.5. The van der Waals surface area contributed by atoms with Crippen LogP contribution >= 0.6 is 0 Å². The predicted octanol–water partition coefficient (Wildman–Crippen LogP) is 1.03. The molecule has 0 unspecified atom stereocenters. The number of carbonyl (C=O) groups is 1. The van der Waals surface area contributed by atoms with Gasteiger partial charge in [-0.2, -0.15) is 0 Å². The Morgan fingerprint density at radius 3 is 2.83 bits per heavy atom. The van der Waals surface area contributed by atoms with Gasteiger partial charge < -0.3 is 9.84 Å². The Morgan fingerprint density at radius 2 is 2.28 bits per heavy atom. The van der Waals surface area contributed by atoms with Crippen LogP contribution in [0.5, 0.6) is 0 Å². The summed E-state index contributed by atoms with van der Waals surface area (Å²) >= 11 is 0. The number of hydrogen-bond donors (Lipinski definition) is 1. The molecule has 0 aromatic carbocycles. The van der Waals surface area contributed by atoms with Crippen LogP contribution < -0.4 is 0 Å². The van der Waals surface area contributed by atoms with Crippen molar-refractivity contribution in [2.24, 2.45) is 0 Å². The van der Waals surface area contributed by atoms with Gasteiger partial charge in [0, 0.05) is 32.4 Å². The molecule has 0 aliphatic carbocycles. The zero-order valence-corrected chi connectivity index (χ0v) is 11.0. The van der Waals surface area contributed by atoms with E-state index in [-0.39, 0.29) is 11.6 Å². The van der Waals surface area contributed by atoms with Crippen LogP contribution in [0.15, 0.2) is 12.5 Å². The topological polar surface area (TPSA) is 75.5 Å². The quantitative estimate of drug-likeness (QED) is 0.782. The number of nitrogens with zero attached hydrogens (tertiary/aromatic N) is 3. The van der Waals surface area contributed by atoms with Gasteiger partial charge in [0.15, 0.2) is 0 Å². The van der Waals surface area contributed by atoms with Crippen molar-refractivity contribution < 1.29 is 14.6 Å². The van der Waals surface area contributed by atoms with Crippen LogP contribution in [0.4, 0.5) is 0 Å². The molecule has 6 heteroatoms. The van der Waals surface area contributed by atoms with Crippen LogP contribution in [0.3, 0.4) is 0 Å². The van der Waals surface area contributed by atoms with Crippen molar-refractivity contribution in [3.05, 3.63) is 23.8 Å². The van der Waals surface area contributed by atoms with Crippen LogP contribution in [0.1, 0.15) is 29.9 Å². The molecule has 0 fully saturated rings. The Kier molecular flexibility index (Phi) is 5.67. The van der Waals surface area contributed by atoms with Gasteiger partial charge in [0.2, 0.25) is 0 Å². The SMILES string of the molecule is COCCN(Cc1ncncc1C(=O)O)C(C)C. The summed E-state index contributed by atoms with van der Waals surface area (Å²) in [7, 11) is 1.64. The number of aromatic nitrogens is 2. The van der Waals surface area contributed by atoms with E-state index in [0.29, 0.717) is 18.8 Å². The number of rotatable bonds is 7. The summed E-state index contributed by atoms with van der Waals surface area (Å²) in [6.07, 6.45) is 2.70. The molecule has 0 saturated carbocycles. The first-order valence-corrected chi connectivity index (χ1v) is 5.81. The average molecular weight is 253 g/mol. The summed E-state index contributed by atoms with van der Waals surface area (Å²) in [5.41, 5.74) is 0.683. The van der Waals surface area contributed by atoms with E-state index in [1.807, 2.05) is 0 Å². The third-order valence-corrected chi connectivity index (χ3v) is 2.69. The highest BCUT2D eigenvalue weighted by Crippen LogP contribution is 2.10. The lowest BCUT2D eigenvalue weighted by atomic mass is 10.2. The van der Waals surface area contributed by atoms with Crippen LogP contribution in [0, 0.1) is 0 Å². The van der Waals surface area contributed by atoms with Crippen LogP contribution in [-0.4, -0.2) is 52.2 Å². The maximum absolute atomic E-state index is 11.1. The lowest BCUT2D eigenvalue weighted by molar-refractivity contribution is 0.0691. The zero-order chi connectivity index (χ0) is 13.5. The van der Waals surface area contributed by atoms with Crippen molar-refractivity contribution in [2.45, 2.75) is 26.4 Å². The van der Waals surface area contributed by atoms with Crippen molar-refractivity contribution in [1.82, 2.24) is 14.9 Å². The molecule has 100 valence electrons. The Labute approximate surface area is 107 Å². The van der Waals surface area contributed by atoms with Gasteiger partial charge in [0.1, 0.15) is 11.9 Å². The lowest BCUT2D eigenvalue weighted by Gasteiger charge is -2.26. The van der Waals surface area contributed by atoms with Gasteiger partial charge in [-0.05, 0) is 13.8 Å².